The first-order chi connectivity index (χ1) is 7.34. The second kappa shape index (κ2) is 5.03. The third kappa shape index (κ3) is 3.37. The summed E-state index contributed by atoms with van der Waals surface area (Å²) < 4.78 is 27.1. The van der Waals surface area contributed by atoms with Gasteiger partial charge in [-0.05, 0) is 29.8 Å². The number of carbonyl (C=O) groups excluding carboxylic acids is 1. The summed E-state index contributed by atoms with van der Waals surface area (Å²) in [5.41, 5.74) is 0.379. The minimum absolute atomic E-state index is 0.0946. The summed E-state index contributed by atoms with van der Waals surface area (Å²) in [5, 5.41) is -0.609. The summed E-state index contributed by atoms with van der Waals surface area (Å²) in [5.74, 6) is 0.387. The van der Waals surface area contributed by atoms with Crippen LogP contribution in [-0.2, 0) is 20.3 Å². The lowest BCUT2D eigenvalue weighted by molar-refractivity contribution is -0.111. The van der Waals surface area contributed by atoms with E-state index in [4.69, 9.17) is 27.0 Å². The molecule has 1 rings (SSSR count). The van der Waals surface area contributed by atoms with Gasteiger partial charge in [0, 0.05) is 16.2 Å². The molecule has 0 saturated carbocycles. The lowest BCUT2D eigenvalue weighted by Crippen LogP contribution is -2.00. The van der Waals surface area contributed by atoms with Crippen molar-refractivity contribution in [3.63, 3.8) is 0 Å². The third-order valence-corrected chi connectivity index (χ3v) is 3.35. The fraction of sp³-hybridized carbons (Fsp3) is 0.222. The Labute approximate surface area is 103 Å². The minimum Gasteiger partial charge on any atom is -0.496 e. The van der Waals surface area contributed by atoms with Crippen molar-refractivity contribution in [1.29, 1.82) is 0 Å². The van der Waals surface area contributed by atoms with E-state index in [0.717, 1.165) is 0 Å². The maximum Gasteiger partial charge on any atom is 0.261 e. The van der Waals surface area contributed by atoms with E-state index in [-0.39, 0.29) is 11.3 Å². The van der Waals surface area contributed by atoms with Gasteiger partial charge in [-0.3, -0.25) is 4.79 Å². The van der Waals surface area contributed by atoms with Gasteiger partial charge in [-0.1, -0.05) is 0 Å². The Kier molecular flexibility index (Phi) is 4.18. The number of rotatable bonds is 4. The fourth-order valence-electron chi connectivity index (χ4n) is 1.19. The van der Waals surface area contributed by atoms with Gasteiger partial charge < -0.3 is 4.74 Å². The van der Waals surface area contributed by atoms with Crippen LogP contribution < -0.4 is 4.74 Å². The molecule has 0 bridgehead atoms. The van der Waals surface area contributed by atoms with Crippen LogP contribution in [0.3, 0.4) is 0 Å². The van der Waals surface area contributed by atoms with E-state index in [1.165, 1.54) is 25.3 Å². The molecule has 0 fully saturated rings. The summed E-state index contributed by atoms with van der Waals surface area (Å²) in [7, 11) is 2.76. The van der Waals surface area contributed by atoms with Crippen LogP contribution in [0.15, 0.2) is 23.1 Å². The van der Waals surface area contributed by atoms with E-state index in [2.05, 4.69) is 0 Å². The Morgan fingerprint density at radius 3 is 2.50 bits per heavy atom. The van der Waals surface area contributed by atoms with Gasteiger partial charge in [0.2, 0.25) is 5.24 Å². The van der Waals surface area contributed by atoms with Gasteiger partial charge in [0.05, 0.1) is 18.4 Å². The average Bonchev–Trinajstić information content (AvgIpc) is 2.15. The Bertz CT molecular complexity index is 510. The highest BCUT2D eigenvalue weighted by Gasteiger charge is 2.14. The maximum absolute atomic E-state index is 11.1. The molecule has 4 nitrogen and oxygen atoms in total. The molecule has 7 heteroatoms. The molecule has 0 aliphatic carbocycles. The maximum atomic E-state index is 11.1. The molecule has 1 aromatic carbocycles. The molecule has 0 unspecified atom stereocenters. The summed E-state index contributed by atoms with van der Waals surface area (Å²) in [6.45, 7) is 0. The summed E-state index contributed by atoms with van der Waals surface area (Å²) >= 11 is 5.23. The second-order valence-electron chi connectivity index (χ2n) is 2.94. The third-order valence-electron chi connectivity index (χ3n) is 1.86. The number of hydrogen-bond donors (Lipinski definition) is 0. The van der Waals surface area contributed by atoms with Crippen LogP contribution in [0, 0.1) is 0 Å². The molecule has 0 atom stereocenters. The molecule has 16 heavy (non-hydrogen) atoms. The molecule has 0 aliphatic heterocycles. The topological polar surface area (TPSA) is 60.4 Å². The van der Waals surface area contributed by atoms with Gasteiger partial charge in [0.1, 0.15) is 5.75 Å². The van der Waals surface area contributed by atoms with Crippen molar-refractivity contribution in [2.24, 2.45) is 0 Å². The van der Waals surface area contributed by atoms with Gasteiger partial charge in [-0.2, -0.15) is 0 Å². The Morgan fingerprint density at radius 2 is 2.06 bits per heavy atom. The Hall–Kier alpha value is -0.780. The van der Waals surface area contributed by atoms with E-state index >= 15 is 0 Å². The van der Waals surface area contributed by atoms with E-state index in [1.54, 1.807) is 0 Å². The van der Waals surface area contributed by atoms with Crippen molar-refractivity contribution in [1.82, 2.24) is 0 Å². The van der Waals surface area contributed by atoms with Gasteiger partial charge in [0.25, 0.3) is 9.05 Å². The van der Waals surface area contributed by atoms with Crippen LogP contribution in [0.1, 0.15) is 5.56 Å². The predicted octanol–water partition coefficient (Wildman–Crippen LogP) is 1.93. The molecule has 1 aromatic rings. The molecule has 0 N–H and O–H groups in total. The number of methoxy groups -OCH3 is 1. The smallest absolute Gasteiger partial charge is 0.261 e. The molecule has 0 heterocycles. The van der Waals surface area contributed by atoms with Crippen molar-refractivity contribution >= 4 is 36.6 Å². The zero-order chi connectivity index (χ0) is 12.3. The van der Waals surface area contributed by atoms with Crippen LogP contribution >= 0.6 is 22.3 Å². The molecular formula is C9H8Cl2O4S. The van der Waals surface area contributed by atoms with E-state index in [9.17, 15) is 13.2 Å². The minimum atomic E-state index is -3.82. The Balaban J connectivity index is 3.27. The molecule has 0 spiro atoms. The predicted molar refractivity (Wildman–Crippen MR) is 60.6 cm³/mol. The highest BCUT2D eigenvalue weighted by molar-refractivity contribution is 8.13. The molecule has 0 aromatic heterocycles. The van der Waals surface area contributed by atoms with Crippen molar-refractivity contribution in [3.8, 4) is 5.75 Å². The number of carbonyl (C=O) groups is 1. The quantitative estimate of drug-likeness (QED) is 0.792. The lowest BCUT2D eigenvalue weighted by atomic mass is 10.1. The van der Waals surface area contributed by atoms with Gasteiger partial charge in [-0.15, -0.1) is 0 Å². The second-order valence-corrected chi connectivity index (χ2v) is 5.93. The number of hydrogen-bond acceptors (Lipinski definition) is 4. The standard InChI is InChI=1S/C9H8Cl2O4S/c1-15-8-3-2-7(16(11,13)14)4-6(8)5-9(10)12/h2-4H,5H2,1H3. The van der Waals surface area contributed by atoms with Crippen molar-refractivity contribution < 1.29 is 17.9 Å². The fourth-order valence-corrected chi connectivity index (χ4v) is 2.14. The highest BCUT2D eigenvalue weighted by Crippen LogP contribution is 2.25. The molecule has 0 saturated heterocycles. The molecule has 0 aliphatic rings. The van der Waals surface area contributed by atoms with Gasteiger partial charge in [0.15, 0.2) is 0 Å². The summed E-state index contributed by atoms with van der Waals surface area (Å²) in [6, 6.07) is 3.98. The summed E-state index contributed by atoms with van der Waals surface area (Å²) in [6.07, 6.45) is -0.120. The van der Waals surface area contributed by atoms with Crippen LogP contribution in [0.5, 0.6) is 5.75 Å². The first-order valence-corrected chi connectivity index (χ1v) is 6.83. The number of halogens is 2. The molecule has 88 valence electrons. The SMILES string of the molecule is COc1ccc(S(=O)(=O)Cl)cc1CC(=O)Cl. The zero-order valence-electron chi connectivity index (χ0n) is 8.24. The average molecular weight is 283 g/mol. The van der Waals surface area contributed by atoms with Crippen LogP contribution in [-0.4, -0.2) is 20.8 Å². The zero-order valence-corrected chi connectivity index (χ0v) is 10.6. The highest BCUT2D eigenvalue weighted by atomic mass is 35.7. The Morgan fingerprint density at radius 1 is 1.44 bits per heavy atom. The molecule has 0 amide bonds. The van der Waals surface area contributed by atoms with Gasteiger partial charge >= 0.3 is 0 Å². The molecule has 0 radical (unpaired) electrons. The van der Waals surface area contributed by atoms with Crippen LogP contribution in [0.25, 0.3) is 0 Å². The van der Waals surface area contributed by atoms with Crippen molar-refractivity contribution in [3.05, 3.63) is 23.8 Å². The normalized spacial score (nSPS) is 11.2. The lowest BCUT2D eigenvalue weighted by Gasteiger charge is -2.07. The summed E-state index contributed by atoms with van der Waals surface area (Å²) in [4.78, 5) is 10.7. The van der Waals surface area contributed by atoms with Crippen LogP contribution in [0.2, 0.25) is 0 Å². The van der Waals surface area contributed by atoms with E-state index in [0.29, 0.717) is 11.3 Å². The van der Waals surface area contributed by atoms with E-state index < -0.39 is 14.3 Å². The van der Waals surface area contributed by atoms with Gasteiger partial charge in [-0.25, -0.2) is 8.42 Å². The monoisotopic (exact) mass is 282 g/mol. The number of ether oxygens (including phenoxy) is 1. The first kappa shape index (κ1) is 13.3. The van der Waals surface area contributed by atoms with Crippen molar-refractivity contribution in [2.45, 2.75) is 11.3 Å². The first-order valence-electron chi connectivity index (χ1n) is 4.14. The van der Waals surface area contributed by atoms with E-state index in [1.807, 2.05) is 0 Å². The number of benzene rings is 1. The largest absolute Gasteiger partial charge is 0.496 e. The van der Waals surface area contributed by atoms with Crippen LogP contribution in [0.4, 0.5) is 0 Å². The molecular weight excluding hydrogens is 275 g/mol. The van der Waals surface area contributed by atoms with Crippen molar-refractivity contribution in [2.75, 3.05) is 7.11 Å².